The number of anilines is 1. The molecule has 1 aromatic carbocycles. The van der Waals surface area contributed by atoms with Crippen LogP contribution in [0.2, 0.25) is 0 Å². The normalized spacial score (nSPS) is 12.6. The maximum atomic E-state index is 5.92. The summed E-state index contributed by atoms with van der Waals surface area (Å²) in [5.41, 5.74) is 8.12. The van der Waals surface area contributed by atoms with Crippen molar-refractivity contribution in [2.45, 2.75) is 0 Å². The molecule has 104 valence electrons. The van der Waals surface area contributed by atoms with Gasteiger partial charge >= 0.3 is 0 Å². The standard InChI is InChI=1S/C15H11N3O3/c16-15-13(10-3-1-2-6-17-10)14(21-18-15)9-4-5-11-12(7-9)20-8-19-11/h1-7H,8H2,(H2,16,18). The van der Waals surface area contributed by atoms with Crippen LogP contribution < -0.4 is 15.2 Å². The van der Waals surface area contributed by atoms with E-state index in [2.05, 4.69) is 10.1 Å². The van der Waals surface area contributed by atoms with Gasteiger partial charge in [0, 0.05) is 11.8 Å². The van der Waals surface area contributed by atoms with E-state index in [4.69, 9.17) is 19.7 Å². The smallest absolute Gasteiger partial charge is 0.231 e. The maximum absolute atomic E-state index is 5.92. The molecular weight excluding hydrogens is 270 g/mol. The molecule has 4 rings (SSSR count). The Morgan fingerprint density at radius 2 is 1.95 bits per heavy atom. The maximum Gasteiger partial charge on any atom is 0.231 e. The number of pyridine rings is 1. The van der Waals surface area contributed by atoms with Gasteiger partial charge in [-0.05, 0) is 30.3 Å². The first-order valence-corrected chi connectivity index (χ1v) is 6.39. The number of hydrogen-bond acceptors (Lipinski definition) is 6. The van der Waals surface area contributed by atoms with Gasteiger partial charge in [0.05, 0.1) is 11.3 Å². The lowest BCUT2D eigenvalue weighted by Crippen LogP contribution is -1.92. The molecule has 6 heteroatoms. The fraction of sp³-hybridized carbons (Fsp3) is 0.0667. The summed E-state index contributed by atoms with van der Waals surface area (Å²) in [4.78, 5) is 4.30. The number of nitrogens with zero attached hydrogens (tertiary/aromatic N) is 2. The van der Waals surface area contributed by atoms with E-state index in [1.165, 1.54) is 0 Å². The Morgan fingerprint density at radius 3 is 2.81 bits per heavy atom. The minimum Gasteiger partial charge on any atom is -0.454 e. The molecule has 0 saturated carbocycles. The number of ether oxygens (including phenoxy) is 2. The Kier molecular flexibility index (Phi) is 2.53. The van der Waals surface area contributed by atoms with Crippen LogP contribution in [0, 0.1) is 0 Å². The van der Waals surface area contributed by atoms with E-state index < -0.39 is 0 Å². The molecule has 0 aliphatic carbocycles. The largest absolute Gasteiger partial charge is 0.454 e. The quantitative estimate of drug-likeness (QED) is 0.777. The minimum atomic E-state index is 0.227. The fourth-order valence-corrected chi connectivity index (χ4v) is 2.30. The second-order valence-corrected chi connectivity index (χ2v) is 4.55. The van der Waals surface area contributed by atoms with Gasteiger partial charge < -0.3 is 19.7 Å². The number of aromatic nitrogens is 2. The van der Waals surface area contributed by atoms with E-state index in [1.54, 1.807) is 6.20 Å². The number of rotatable bonds is 2. The van der Waals surface area contributed by atoms with Gasteiger partial charge in [-0.25, -0.2) is 0 Å². The average molecular weight is 281 g/mol. The van der Waals surface area contributed by atoms with Crippen LogP contribution in [0.1, 0.15) is 0 Å². The van der Waals surface area contributed by atoms with Crippen molar-refractivity contribution in [3.05, 3.63) is 42.6 Å². The van der Waals surface area contributed by atoms with Crippen molar-refractivity contribution in [2.75, 3.05) is 12.5 Å². The summed E-state index contributed by atoms with van der Waals surface area (Å²) in [6.45, 7) is 0.227. The van der Waals surface area contributed by atoms with Crippen molar-refractivity contribution >= 4 is 5.82 Å². The fourth-order valence-electron chi connectivity index (χ4n) is 2.30. The van der Waals surface area contributed by atoms with Crippen LogP contribution in [-0.4, -0.2) is 16.9 Å². The Bertz CT molecular complexity index is 799. The molecule has 0 unspecified atom stereocenters. The lowest BCUT2D eigenvalue weighted by molar-refractivity contribution is 0.174. The van der Waals surface area contributed by atoms with Crippen LogP contribution >= 0.6 is 0 Å². The summed E-state index contributed by atoms with van der Waals surface area (Å²) >= 11 is 0. The minimum absolute atomic E-state index is 0.227. The van der Waals surface area contributed by atoms with Crippen molar-refractivity contribution in [2.24, 2.45) is 0 Å². The molecule has 1 aliphatic rings. The van der Waals surface area contributed by atoms with E-state index in [0.717, 1.165) is 5.56 Å². The van der Waals surface area contributed by atoms with Crippen LogP contribution in [0.4, 0.5) is 5.82 Å². The molecule has 2 N–H and O–H groups in total. The highest BCUT2D eigenvalue weighted by Crippen LogP contribution is 2.40. The number of hydrogen-bond donors (Lipinski definition) is 1. The molecule has 0 amide bonds. The molecule has 0 radical (unpaired) electrons. The van der Waals surface area contributed by atoms with E-state index in [0.29, 0.717) is 34.3 Å². The SMILES string of the molecule is Nc1noc(-c2ccc3c(c2)OCO3)c1-c1ccccn1. The number of benzene rings is 1. The van der Waals surface area contributed by atoms with Gasteiger partial charge in [0.15, 0.2) is 23.1 Å². The van der Waals surface area contributed by atoms with Gasteiger partial charge in [-0.1, -0.05) is 11.2 Å². The molecule has 21 heavy (non-hydrogen) atoms. The van der Waals surface area contributed by atoms with Crippen LogP contribution in [0.25, 0.3) is 22.6 Å². The van der Waals surface area contributed by atoms with Gasteiger partial charge in [0.1, 0.15) is 0 Å². The summed E-state index contributed by atoms with van der Waals surface area (Å²) in [5.74, 6) is 2.26. The molecule has 0 atom stereocenters. The van der Waals surface area contributed by atoms with Gasteiger partial charge in [0.25, 0.3) is 0 Å². The predicted molar refractivity (Wildman–Crippen MR) is 75.7 cm³/mol. The molecular formula is C15H11N3O3. The van der Waals surface area contributed by atoms with Gasteiger partial charge in [-0.2, -0.15) is 0 Å². The van der Waals surface area contributed by atoms with Crippen LogP contribution in [-0.2, 0) is 0 Å². The first-order valence-electron chi connectivity index (χ1n) is 6.39. The third-order valence-corrected chi connectivity index (χ3v) is 3.27. The number of nitrogen functional groups attached to an aromatic ring is 1. The summed E-state index contributed by atoms with van der Waals surface area (Å²) in [6, 6.07) is 11.1. The molecule has 1 aliphatic heterocycles. The number of fused-ring (bicyclic) bond motifs is 1. The summed E-state index contributed by atoms with van der Waals surface area (Å²) in [5, 5.41) is 3.85. The third-order valence-electron chi connectivity index (χ3n) is 3.27. The van der Waals surface area contributed by atoms with Crippen molar-refractivity contribution in [3.8, 4) is 34.1 Å². The Morgan fingerprint density at radius 1 is 1.05 bits per heavy atom. The Balaban J connectivity index is 1.87. The summed E-state index contributed by atoms with van der Waals surface area (Å²) in [7, 11) is 0. The highest BCUT2D eigenvalue weighted by molar-refractivity contribution is 5.85. The lowest BCUT2D eigenvalue weighted by Gasteiger charge is -2.03. The second kappa shape index (κ2) is 4.52. The zero-order chi connectivity index (χ0) is 14.2. The topological polar surface area (TPSA) is 83.4 Å². The Labute approximate surface area is 120 Å². The zero-order valence-corrected chi connectivity index (χ0v) is 10.9. The first kappa shape index (κ1) is 11.8. The highest BCUT2D eigenvalue weighted by Gasteiger charge is 2.21. The first-order chi connectivity index (χ1) is 10.3. The van der Waals surface area contributed by atoms with E-state index in [-0.39, 0.29) is 6.79 Å². The van der Waals surface area contributed by atoms with Crippen LogP contribution in [0.3, 0.4) is 0 Å². The van der Waals surface area contributed by atoms with Crippen LogP contribution in [0.15, 0.2) is 47.1 Å². The van der Waals surface area contributed by atoms with Crippen molar-refractivity contribution in [1.82, 2.24) is 10.1 Å². The zero-order valence-electron chi connectivity index (χ0n) is 10.9. The van der Waals surface area contributed by atoms with E-state index in [1.807, 2.05) is 36.4 Å². The molecule has 2 aromatic heterocycles. The van der Waals surface area contributed by atoms with Gasteiger partial charge in [-0.3, -0.25) is 4.98 Å². The third kappa shape index (κ3) is 1.88. The molecule has 0 spiro atoms. The highest BCUT2D eigenvalue weighted by atomic mass is 16.7. The van der Waals surface area contributed by atoms with Crippen molar-refractivity contribution in [1.29, 1.82) is 0 Å². The second-order valence-electron chi connectivity index (χ2n) is 4.55. The van der Waals surface area contributed by atoms with Crippen LogP contribution in [0.5, 0.6) is 11.5 Å². The Hall–Kier alpha value is -3.02. The van der Waals surface area contributed by atoms with Crippen molar-refractivity contribution in [3.63, 3.8) is 0 Å². The molecule has 0 fully saturated rings. The summed E-state index contributed by atoms with van der Waals surface area (Å²) < 4.78 is 16.1. The predicted octanol–water partition coefficient (Wildman–Crippen LogP) is 2.71. The molecule has 0 saturated heterocycles. The van der Waals surface area contributed by atoms with Crippen molar-refractivity contribution < 1.29 is 14.0 Å². The average Bonchev–Trinajstić information content (AvgIpc) is 3.13. The molecule has 3 aromatic rings. The van der Waals surface area contributed by atoms with E-state index >= 15 is 0 Å². The number of nitrogens with two attached hydrogens (primary N) is 1. The summed E-state index contributed by atoms with van der Waals surface area (Å²) in [6.07, 6.45) is 1.70. The molecule has 0 bridgehead atoms. The van der Waals surface area contributed by atoms with Gasteiger partial charge in [-0.15, -0.1) is 0 Å². The lowest BCUT2D eigenvalue weighted by atomic mass is 10.0. The molecule has 6 nitrogen and oxygen atoms in total. The van der Waals surface area contributed by atoms with Gasteiger partial charge in [0.2, 0.25) is 6.79 Å². The van der Waals surface area contributed by atoms with E-state index in [9.17, 15) is 0 Å². The molecule has 3 heterocycles. The monoisotopic (exact) mass is 281 g/mol.